The molecule has 16 heavy (non-hydrogen) atoms. The van der Waals surface area contributed by atoms with E-state index in [0.29, 0.717) is 4.88 Å². The number of carboxylic acids is 1. The number of carbonyl (C=O) groups excluding carboxylic acids is 1. The lowest BCUT2D eigenvalue weighted by atomic mass is 10.1. The number of thiophene rings is 1. The van der Waals surface area contributed by atoms with Crippen LogP contribution in [0.5, 0.6) is 0 Å². The summed E-state index contributed by atoms with van der Waals surface area (Å²) in [5.41, 5.74) is -0.296. The maximum absolute atomic E-state index is 11.8. The van der Waals surface area contributed by atoms with E-state index in [9.17, 15) is 9.59 Å². The van der Waals surface area contributed by atoms with E-state index >= 15 is 0 Å². The summed E-state index contributed by atoms with van der Waals surface area (Å²) in [6.45, 7) is 4.89. The molecule has 0 saturated carbocycles. The van der Waals surface area contributed by atoms with Crippen LogP contribution >= 0.6 is 11.3 Å². The van der Waals surface area contributed by atoms with Crippen LogP contribution in [0.15, 0.2) is 11.4 Å². The number of rotatable bonds is 4. The molecule has 0 aliphatic heterocycles. The maximum Gasteiger partial charge on any atom is 0.328 e. The van der Waals surface area contributed by atoms with Crippen LogP contribution in [0.4, 0.5) is 0 Å². The molecule has 4 nitrogen and oxygen atoms in total. The van der Waals surface area contributed by atoms with E-state index in [0.717, 1.165) is 12.0 Å². The van der Waals surface area contributed by atoms with Gasteiger partial charge in [-0.05, 0) is 37.3 Å². The summed E-state index contributed by atoms with van der Waals surface area (Å²) >= 11 is 1.33. The number of carboxylic acid groups (broad SMARTS) is 1. The van der Waals surface area contributed by atoms with Gasteiger partial charge < -0.3 is 10.4 Å². The molecule has 0 saturated heterocycles. The molecular weight excluding hydrogens is 226 g/mol. The molecule has 1 heterocycles. The molecular formula is C11H15NO3S. The summed E-state index contributed by atoms with van der Waals surface area (Å²) < 4.78 is 0. The zero-order chi connectivity index (χ0) is 12.3. The Kier molecular flexibility index (Phi) is 3.70. The highest BCUT2D eigenvalue weighted by Crippen LogP contribution is 2.18. The Hall–Kier alpha value is -1.36. The molecule has 1 aromatic rings. The molecule has 1 rings (SSSR count). The van der Waals surface area contributed by atoms with Gasteiger partial charge in [0.05, 0.1) is 4.88 Å². The smallest absolute Gasteiger partial charge is 0.328 e. The summed E-state index contributed by atoms with van der Waals surface area (Å²) in [4.78, 5) is 23.3. The number of hydrogen-bond acceptors (Lipinski definition) is 3. The SMILES string of the molecule is CCc1ccsc1C(=O)NC(C)(C)C(=O)O. The molecule has 0 radical (unpaired) electrons. The molecule has 0 aliphatic carbocycles. The van der Waals surface area contributed by atoms with Crippen molar-refractivity contribution in [3.05, 3.63) is 21.9 Å². The monoisotopic (exact) mass is 241 g/mol. The van der Waals surface area contributed by atoms with Gasteiger partial charge in [0, 0.05) is 0 Å². The molecule has 2 N–H and O–H groups in total. The average molecular weight is 241 g/mol. The van der Waals surface area contributed by atoms with Gasteiger partial charge >= 0.3 is 5.97 Å². The first-order valence-corrected chi connectivity index (χ1v) is 5.88. The van der Waals surface area contributed by atoms with E-state index in [-0.39, 0.29) is 5.91 Å². The molecule has 0 bridgehead atoms. The van der Waals surface area contributed by atoms with Gasteiger partial charge in [-0.1, -0.05) is 6.92 Å². The largest absolute Gasteiger partial charge is 0.480 e. The zero-order valence-electron chi connectivity index (χ0n) is 9.53. The van der Waals surface area contributed by atoms with Crippen LogP contribution in [-0.2, 0) is 11.2 Å². The highest BCUT2D eigenvalue weighted by molar-refractivity contribution is 7.12. The quantitative estimate of drug-likeness (QED) is 0.846. The minimum atomic E-state index is -1.24. The van der Waals surface area contributed by atoms with Crippen molar-refractivity contribution >= 4 is 23.2 Å². The fourth-order valence-electron chi connectivity index (χ4n) is 1.21. The Morgan fingerprint density at radius 3 is 2.62 bits per heavy atom. The average Bonchev–Trinajstić information content (AvgIpc) is 2.64. The van der Waals surface area contributed by atoms with E-state index < -0.39 is 11.5 Å². The number of amides is 1. The minimum absolute atomic E-state index is 0.320. The maximum atomic E-state index is 11.8. The second kappa shape index (κ2) is 4.65. The molecule has 0 aliphatic rings. The topological polar surface area (TPSA) is 66.4 Å². The van der Waals surface area contributed by atoms with Crippen LogP contribution in [0.25, 0.3) is 0 Å². The number of hydrogen-bond donors (Lipinski definition) is 2. The van der Waals surface area contributed by atoms with Gasteiger partial charge in [-0.3, -0.25) is 4.79 Å². The first-order chi connectivity index (χ1) is 7.38. The number of aryl methyl sites for hydroxylation is 1. The third-order valence-electron chi connectivity index (χ3n) is 2.29. The third-order valence-corrected chi connectivity index (χ3v) is 3.25. The zero-order valence-corrected chi connectivity index (χ0v) is 10.4. The van der Waals surface area contributed by atoms with Crippen LogP contribution in [0, 0.1) is 0 Å². The van der Waals surface area contributed by atoms with Gasteiger partial charge in [0.1, 0.15) is 5.54 Å². The van der Waals surface area contributed by atoms with Crippen LogP contribution in [0.1, 0.15) is 36.0 Å². The Morgan fingerprint density at radius 2 is 2.12 bits per heavy atom. The van der Waals surface area contributed by atoms with Gasteiger partial charge in [-0.2, -0.15) is 0 Å². The number of nitrogens with one attached hydrogen (secondary N) is 1. The van der Waals surface area contributed by atoms with Crippen molar-refractivity contribution in [3.8, 4) is 0 Å². The molecule has 1 aromatic heterocycles. The first kappa shape index (κ1) is 12.7. The van der Waals surface area contributed by atoms with E-state index in [1.54, 1.807) is 0 Å². The van der Waals surface area contributed by atoms with Crippen LogP contribution in [0.3, 0.4) is 0 Å². The second-order valence-electron chi connectivity index (χ2n) is 4.01. The molecule has 1 amide bonds. The molecule has 0 aromatic carbocycles. The Morgan fingerprint density at radius 1 is 1.50 bits per heavy atom. The van der Waals surface area contributed by atoms with Crippen molar-refractivity contribution in [1.82, 2.24) is 5.32 Å². The lowest BCUT2D eigenvalue weighted by Crippen LogP contribution is -2.49. The third kappa shape index (κ3) is 2.61. The van der Waals surface area contributed by atoms with Crippen molar-refractivity contribution in [1.29, 1.82) is 0 Å². The fourth-order valence-corrected chi connectivity index (χ4v) is 2.10. The molecule has 88 valence electrons. The summed E-state index contributed by atoms with van der Waals surface area (Å²) in [6.07, 6.45) is 0.764. The summed E-state index contributed by atoms with van der Waals surface area (Å²) in [7, 11) is 0. The standard InChI is InChI=1S/C11H15NO3S/c1-4-7-5-6-16-8(7)9(13)12-11(2,3)10(14)15/h5-6H,4H2,1-3H3,(H,12,13)(H,14,15). The summed E-state index contributed by atoms with van der Waals surface area (Å²) in [5.74, 6) is -1.37. The lowest BCUT2D eigenvalue weighted by molar-refractivity contribution is -0.143. The lowest BCUT2D eigenvalue weighted by Gasteiger charge is -2.20. The fraction of sp³-hybridized carbons (Fsp3) is 0.455. The predicted molar refractivity (Wildman–Crippen MR) is 62.9 cm³/mol. The molecule has 0 spiro atoms. The molecule has 0 atom stereocenters. The molecule has 0 fully saturated rings. The molecule has 5 heteroatoms. The molecule has 0 unspecified atom stereocenters. The normalized spacial score (nSPS) is 11.2. The van der Waals surface area contributed by atoms with Crippen molar-refractivity contribution in [3.63, 3.8) is 0 Å². The van der Waals surface area contributed by atoms with Crippen molar-refractivity contribution in [2.75, 3.05) is 0 Å². The number of aliphatic carboxylic acids is 1. The Labute approximate surface area is 98.3 Å². The first-order valence-electron chi connectivity index (χ1n) is 5.00. The minimum Gasteiger partial charge on any atom is -0.480 e. The van der Waals surface area contributed by atoms with E-state index in [1.165, 1.54) is 25.2 Å². The van der Waals surface area contributed by atoms with Crippen LogP contribution < -0.4 is 5.32 Å². The van der Waals surface area contributed by atoms with E-state index in [1.807, 2.05) is 18.4 Å². The van der Waals surface area contributed by atoms with E-state index in [4.69, 9.17) is 5.11 Å². The van der Waals surface area contributed by atoms with Crippen molar-refractivity contribution in [2.45, 2.75) is 32.7 Å². The predicted octanol–water partition coefficient (Wildman–Crippen LogP) is 1.90. The Balaban J connectivity index is 2.85. The summed E-state index contributed by atoms with van der Waals surface area (Å²) in [6, 6.07) is 1.88. The highest BCUT2D eigenvalue weighted by Gasteiger charge is 2.30. The van der Waals surface area contributed by atoms with Crippen LogP contribution in [0.2, 0.25) is 0 Å². The van der Waals surface area contributed by atoms with Crippen molar-refractivity contribution in [2.24, 2.45) is 0 Å². The number of carbonyl (C=O) groups is 2. The van der Waals surface area contributed by atoms with Gasteiger partial charge in [0.25, 0.3) is 5.91 Å². The van der Waals surface area contributed by atoms with Crippen molar-refractivity contribution < 1.29 is 14.7 Å². The van der Waals surface area contributed by atoms with E-state index in [2.05, 4.69) is 5.32 Å². The van der Waals surface area contributed by atoms with Gasteiger partial charge in [-0.15, -0.1) is 11.3 Å². The Bertz CT molecular complexity index is 409. The van der Waals surface area contributed by atoms with Gasteiger partial charge in [0.15, 0.2) is 0 Å². The van der Waals surface area contributed by atoms with Gasteiger partial charge in [0.2, 0.25) is 0 Å². The van der Waals surface area contributed by atoms with Gasteiger partial charge in [-0.25, -0.2) is 4.79 Å². The highest BCUT2D eigenvalue weighted by atomic mass is 32.1. The second-order valence-corrected chi connectivity index (χ2v) is 4.93. The summed E-state index contributed by atoms with van der Waals surface area (Å²) in [5, 5.41) is 13.2. The van der Waals surface area contributed by atoms with Crippen LogP contribution in [-0.4, -0.2) is 22.5 Å².